The molecule has 1 unspecified atom stereocenters. The third-order valence-electron chi connectivity index (χ3n) is 14.6. The zero-order valence-electron chi connectivity index (χ0n) is 37.7. The van der Waals surface area contributed by atoms with Crippen molar-refractivity contribution in [2.24, 2.45) is 0 Å². The van der Waals surface area contributed by atoms with Crippen molar-refractivity contribution in [3.05, 3.63) is 259 Å². The Kier molecular flexibility index (Phi) is 8.18. The van der Waals surface area contributed by atoms with E-state index in [0.29, 0.717) is 17.6 Å². The van der Waals surface area contributed by atoms with Gasteiger partial charge in [-0.05, 0) is 99.1 Å². The number of aromatic nitrogens is 4. The van der Waals surface area contributed by atoms with Gasteiger partial charge < -0.3 is 8.98 Å². The zero-order chi connectivity index (χ0) is 45.9. The van der Waals surface area contributed by atoms with Gasteiger partial charge in [0, 0.05) is 38.4 Å². The predicted molar refractivity (Wildman–Crippen MR) is 283 cm³/mol. The third-order valence-corrected chi connectivity index (χ3v) is 14.6. The Morgan fingerprint density at radius 2 is 0.957 bits per heavy atom. The highest BCUT2D eigenvalue weighted by molar-refractivity contribution is 6.16. The Balaban J connectivity index is 1.04. The van der Waals surface area contributed by atoms with Crippen molar-refractivity contribution in [3.63, 3.8) is 0 Å². The number of hydrogen-bond donors (Lipinski definition) is 0. The van der Waals surface area contributed by atoms with E-state index in [9.17, 15) is 0 Å². The third kappa shape index (κ3) is 5.41. The Bertz CT molecular complexity index is 4200. The number of para-hydroxylation sites is 4. The van der Waals surface area contributed by atoms with E-state index in [2.05, 4.69) is 204 Å². The highest BCUT2D eigenvalue weighted by atomic mass is 16.3. The molecule has 1 atom stereocenters. The fourth-order valence-electron chi connectivity index (χ4n) is 11.8. The second kappa shape index (κ2) is 14.8. The first-order valence-electron chi connectivity index (χ1n) is 23.8. The molecule has 1 spiro atoms. The molecule has 326 valence electrons. The van der Waals surface area contributed by atoms with Crippen molar-refractivity contribution < 1.29 is 4.42 Å². The maximum absolute atomic E-state index is 6.59. The van der Waals surface area contributed by atoms with Crippen LogP contribution in [0.4, 0.5) is 17.3 Å². The quantitative estimate of drug-likeness (QED) is 0.172. The molecule has 15 rings (SSSR count). The molecule has 10 aromatic carbocycles. The van der Waals surface area contributed by atoms with Crippen molar-refractivity contribution in [2.45, 2.75) is 5.41 Å². The van der Waals surface area contributed by atoms with Gasteiger partial charge in [0.15, 0.2) is 11.6 Å². The Morgan fingerprint density at radius 3 is 1.74 bits per heavy atom. The van der Waals surface area contributed by atoms with Crippen LogP contribution in [0.2, 0.25) is 0 Å². The van der Waals surface area contributed by atoms with Gasteiger partial charge >= 0.3 is 0 Å². The summed E-state index contributed by atoms with van der Waals surface area (Å²) >= 11 is 0. The van der Waals surface area contributed by atoms with Crippen LogP contribution < -0.4 is 4.90 Å². The van der Waals surface area contributed by atoms with Crippen molar-refractivity contribution in [1.82, 2.24) is 19.5 Å². The summed E-state index contributed by atoms with van der Waals surface area (Å²) in [7, 11) is 0. The standard InChI is InChI=1S/C64H39N5O/c1-4-18-40(19-5-1)61-65-62(41-20-6-2-7-21-41)67-63(66-61)69-55-30-16-14-28-50(55)64(49-27-13-10-25-46(49)59-52(64)35-37-58-60(59)47-26-12-17-31-57(47)70-58)51-34-32-43(39-56(51)69)42-33-36-54-48(38-42)45-24-11-15-29-53(45)68(54)44-22-8-3-9-23-44/h1-39H. The highest BCUT2D eigenvalue weighted by Gasteiger charge is 2.53. The number of furan rings is 1. The van der Waals surface area contributed by atoms with Crippen LogP contribution in [-0.2, 0) is 5.41 Å². The van der Waals surface area contributed by atoms with Gasteiger partial charge in [-0.2, -0.15) is 9.97 Å². The van der Waals surface area contributed by atoms with Crippen LogP contribution in [0.1, 0.15) is 22.3 Å². The predicted octanol–water partition coefficient (Wildman–Crippen LogP) is 16.0. The molecular formula is C64H39N5O. The SMILES string of the molecule is c1ccc(-c2nc(-c3ccccc3)nc(N3c4ccccc4C4(c5ccccc5-c5c4ccc4oc6ccccc6c54)c4ccc(-c5ccc6c(c5)c5ccccc5n6-c5ccccc5)cc43)n2)cc1. The van der Waals surface area contributed by atoms with E-state index in [0.717, 1.165) is 77.9 Å². The Hall–Kier alpha value is -9.39. The molecule has 70 heavy (non-hydrogen) atoms. The van der Waals surface area contributed by atoms with Crippen LogP contribution >= 0.6 is 0 Å². The molecule has 0 amide bonds. The number of anilines is 3. The zero-order valence-corrected chi connectivity index (χ0v) is 37.7. The summed E-state index contributed by atoms with van der Waals surface area (Å²) in [5.74, 6) is 1.74. The van der Waals surface area contributed by atoms with Crippen molar-refractivity contribution in [3.8, 4) is 50.7 Å². The van der Waals surface area contributed by atoms with Gasteiger partial charge in [-0.3, -0.25) is 4.90 Å². The van der Waals surface area contributed by atoms with E-state index < -0.39 is 5.41 Å². The Labute approximate surface area is 403 Å². The number of rotatable bonds is 5. The topological polar surface area (TPSA) is 60.0 Å². The summed E-state index contributed by atoms with van der Waals surface area (Å²) in [6.07, 6.45) is 0. The lowest BCUT2D eigenvalue weighted by atomic mass is 9.64. The second-order valence-corrected chi connectivity index (χ2v) is 18.3. The van der Waals surface area contributed by atoms with Crippen molar-refractivity contribution in [2.75, 3.05) is 4.90 Å². The first-order chi connectivity index (χ1) is 34.7. The molecule has 4 heterocycles. The summed E-state index contributed by atoms with van der Waals surface area (Å²) < 4.78 is 8.96. The van der Waals surface area contributed by atoms with Gasteiger partial charge in [-0.1, -0.05) is 182 Å². The smallest absolute Gasteiger partial charge is 0.238 e. The normalized spacial score (nSPS) is 14.6. The fourth-order valence-corrected chi connectivity index (χ4v) is 11.8. The van der Waals surface area contributed by atoms with Crippen LogP contribution in [0.15, 0.2) is 241 Å². The lowest BCUT2D eigenvalue weighted by Gasteiger charge is -2.44. The molecule has 0 saturated carbocycles. The summed E-state index contributed by atoms with van der Waals surface area (Å²) in [6.45, 7) is 0. The molecule has 0 fully saturated rings. The molecule has 13 aromatic rings. The monoisotopic (exact) mass is 893 g/mol. The Morgan fingerprint density at radius 1 is 0.371 bits per heavy atom. The van der Waals surface area contributed by atoms with Crippen LogP contribution in [0.3, 0.4) is 0 Å². The molecule has 0 radical (unpaired) electrons. The van der Waals surface area contributed by atoms with Crippen LogP contribution in [0.5, 0.6) is 0 Å². The van der Waals surface area contributed by atoms with Crippen LogP contribution in [0, 0.1) is 0 Å². The van der Waals surface area contributed by atoms with Crippen molar-refractivity contribution in [1.29, 1.82) is 0 Å². The second-order valence-electron chi connectivity index (χ2n) is 18.3. The molecule has 6 nitrogen and oxygen atoms in total. The molecular weight excluding hydrogens is 855 g/mol. The number of hydrogen-bond acceptors (Lipinski definition) is 5. The summed E-state index contributed by atoms with van der Waals surface area (Å²) in [5, 5.41) is 4.65. The minimum atomic E-state index is -0.718. The fraction of sp³-hybridized carbons (Fsp3) is 0.0156. The average Bonchev–Trinajstić information content (AvgIpc) is 4.08. The van der Waals surface area contributed by atoms with Gasteiger partial charge in [0.05, 0.1) is 27.8 Å². The largest absolute Gasteiger partial charge is 0.456 e. The maximum Gasteiger partial charge on any atom is 0.238 e. The molecule has 6 heteroatoms. The van der Waals surface area contributed by atoms with E-state index in [1.165, 1.54) is 38.5 Å². The first-order valence-corrected chi connectivity index (χ1v) is 23.8. The van der Waals surface area contributed by atoms with Crippen molar-refractivity contribution >= 4 is 61.1 Å². The number of fused-ring (bicyclic) bond motifs is 16. The van der Waals surface area contributed by atoms with E-state index in [-0.39, 0.29) is 0 Å². The molecule has 1 aliphatic heterocycles. The summed E-state index contributed by atoms with van der Waals surface area (Å²) in [5.41, 5.74) is 17.7. The molecule has 0 bridgehead atoms. The summed E-state index contributed by atoms with van der Waals surface area (Å²) in [6, 6.07) is 84.5. The van der Waals surface area contributed by atoms with Gasteiger partial charge in [0.1, 0.15) is 11.2 Å². The van der Waals surface area contributed by atoms with Gasteiger partial charge in [0.25, 0.3) is 0 Å². The minimum Gasteiger partial charge on any atom is -0.456 e. The number of benzene rings is 10. The lowest BCUT2D eigenvalue weighted by Crippen LogP contribution is -2.36. The highest BCUT2D eigenvalue weighted by Crippen LogP contribution is 2.65. The molecule has 3 aromatic heterocycles. The minimum absolute atomic E-state index is 0.539. The lowest BCUT2D eigenvalue weighted by molar-refractivity contribution is 0.668. The van der Waals surface area contributed by atoms with Gasteiger partial charge in [-0.25, -0.2) is 4.98 Å². The van der Waals surface area contributed by atoms with Crippen LogP contribution in [-0.4, -0.2) is 19.5 Å². The van der Waals surface area contributed by atoms with E-state index in [1.54, 1.807) is 0 Å². The average molecular weight is 894 g/mol. The first kappa shape index (κ1) is 38.7. The maximum atomic E-state index is 6.59. The van der Waals surface area contributed by atoms with Gasteiger partial charge in [0.2, 0.25) is 5.95 Å². The van der Waals surface area contributed by atoms with E-state index in [4.69, 9.17) is 19.4 Å². The molecule has 0 N–H and O–H groups in total. The molecule has 1 aliphatic carbocycles. The summed E-state index contributed by atoms with van der Waals surface area (Å²) in [4.78, 5) is 18.3. The van der Waals surface area contributed by atoms with E-state index >= 15 is 0 Å². The molecule has 2 aliphatic rings. The van der Waals surface area contributed by atoms with Gasteiger partial charge in [-0.15, -0.1) is 0 Å². The van der Waals surface area contributed by atoms with Crippen LogP contribution in [0.25, 0.3) is 94.5 Å². The number of nitrogens with zero attached hydrogens (tertiary/aromatic N) is 5. The molecule has 0 saturated heterocycles. The van der Waals surface area contributed by atoms with E-state index in [1.807, 2.05) is 42.5 Å².